The van der Waals surface area contributed by atoms with Gasteiger partial charge >= 0.3 is 12.4 Å². The van der Waals surface area contributed by atoms with Crippen molar-refractivity contribution >= 4 is 11.2 Å². The van der Waals surface area contributed by atoms with E-state index < -0.39 is 29.8 Å². The fourth-order valence-corrected chi connectivity index (χ4v) is 2.65. The van der Waals surface area contributed by atoms with Crippen LogP contribution in [0.1, 0.15) is 12.5 Å². The third-order valence-corrected chi connectivity index (χ3v) is 4.25. The van der Waals surface area contributed by atoms with E-state index in [0.29, 0.717) is 29.7 Å². The highest BCUT2D eigenvalue weighted by molar-refractivity contribution is 5.75. The molecule has 0 saturated heterocycles. The molecule has 3 heterocycles. The molecular weight excluding hydrogens is 432 g/mol. The van der Waals surface area contributed by atoms with Crippen LogP contribution in [0, 0.1) is 0 Å². The third kappa shape index (κ3) is 4.15. The average molecular weight is 443 g/mol. The van der Waals surface area contributed by atoms with Crippen LogP contribution >= 0.6 is 0 Å². The number of fused-ring (bicyclic) bond motifs is 1. The summed E-state index contributed by atoms with van der Waals surface area (Å²) >= 11 is 0. The van der Waals surface area contributed by atoms with Gasteiger partial charge in [-0.1, -0.05) is 5.16 Å². The summed E-state index contributed by atoms with van der Waals surface area (Å²) < 4.78 is 87.9. The topological polar surface area (TPSA) is 89.7 Å². The molecule has 0 fully saturated rings. The van der Waals surface area contributed by atoms with Gasteiger partial charge in [0, 0.05) is 17.3 Å². The fraction of sp³-hybridized carbons (Fsp3) is 0.222. The number of alkyl halides is 6. The molecule has 1 aromatic carbocycles. The number of aromatic amines is 1. The van der Waals surface area contributed by atoms with E-state index in [1.54, 1.807) is 6.07 Å². The summed E-state index contributed by atoms with van der Waals surface area (Å²) in [5.41, 5.74) is -0.0914. The Hall–Kier alpha value is -3.64. The Balaban J connectivity index is 1.68. The van der Waals surface area contributed by atoms with Crippen molar-refractivity contribution in [2.75, 3.05) is 0 Å². The smallest absolute Gasteiger partial charge is 0.425 e. The monoisotopic (exact) mass is 443 g/mol. The van der Waals surface area contributed by atoms with Gasteiger partial charge in [0.2, 0.25) is 5.82 Å². The molecule has 0 aliphatic rings. The predicted octanol–water partition coefficient (Wildman–Crippen LogP) is 5.02. The molecule has 7 nitrogen and oxygen atoms in total. The maximum atomic E-state index is 13.4. The third-order valence-electron chi connectivity index (χ3n) is 4.25. The number of nitrogens with zero attached hydrogens (tertiary/aromatic N) is 4. The van der Waals surface area contributed by atoms with Crippen LogP contribution in [0.5, 0.6) is 5.75 Å². The van der Waals surface area contributed by atoms with Gasteiger partial charge in [0.1, 0.15) is 5.75 Å². The number of aromatic nitrogens is 5. The molecule has 0 bridgehead atoms. The number of pyridine rings is 1. The molecule has 4 rings (SSSR count). The lowest BCUT2D eigenvalue weighted by atomic mass is 10.1. The number of hydrogen-bond acceptors (Lipinski definition) is 6. The molecular formula is C18H11F6N5O2. The minimum absolute atomic E-state index is 0.0542. The molecule has 162 valence electrons. The quantitative estimate of drug-likeness (QED) is 0.446. The Kier molecular flexibility index (Phi) is 4.82. The first-order chi connectivity index (χ1) is 14.5. The van der Waals surface area contributed by atoms with Crippen molar-refractivity contribution in [1.82, 2.24) is 25.1 Å². The van der Waals surface area contributed by atoms with E-state index in [-0.39, 0.29) is 17.3 Å². The molecule has 1 N–H and O–H groups in total. The second kappa shape index (κ2) is 7.25. The van der Waals surface area contributed by atoms with Crippen molar-refractivity contribution in [2.45, 2.75) is 25.4 Å². The average Bonchev–Trinajstić information content (AvgIpc) is 3.35. The number of nitrogens with one attached hydrogen (secondary N) is 1. The highest BCUT2D eigenvalue weighted by Crippen LogP contribution is 2.40. The Morgan fingerprint density at radius 1 is 1.03 bits per heavy atom. The zero-order valence-corrected chi connectivity index (χ0v) is 15.4. The zero-order valence-electron chi connectivity index (χ0n) is 15.4. The summed E-state index contributed by atoms with van der Waals surface area (Å²) in [5, 5.41) is 3.73. The first-order valence-corrected chi connectivity index (χ1v) is 8.60. The summed E-state index contributed by atoms with van der Waals surface area (Å²) in [7, 11) is 0. The Morgan fingerprint density at radius 3 is 2.52 bits per heavy atom. The van der Waals surface area contributed by atoms with E-state index in [1.807, 2.05) is 0 Å². The van der Waals surface area contributed by atoms with Gasteiger partial charge in [-0.2, -0.15) is 31.3 Å². The van der Waals surface area contributed by atoms with Crippen molar-refractivity contribution in [3.63, 3.8) is 0 Å². The number of H-pyrrole nitrogens is 1. The van der Waals surface area contributed by atoms with Crippen LogP contribution in [0.3, 0.4) is 0 Å². The standard InChI is InChI=1S/C18H11F6N5O2/c1-8(17(19,20)21)30-13-3-2-9(4-11(13)18(22,23)24)16-28-14(29-31-16)10-5-12-15(25-6-10)27-7-26-12/h2-8H,1H3,(H,25,26,27). The number of rotatable bonds is 4. The van der Waals surface area contributed by atoms with Crippen LogP contribution in [0.15, 0.2) is 41.3 Å². The highest BCUT2D eigenvalue weighted by atomic mass is 19.4. The second-order valence-electron chi connectivity index (χ2n) is 6.43. The summed E-state index contributed by atoms with van der Waals surface area (Å²) in [6.07, 6.45) is -9.39. The van der Waals surface area contributed by atoms with Crippen LogP contribution in [0.4, 0.5) is 26.3 Å². The molecule has 3 aromatic heterocycles. The maximum absolute atomic E-state index is 13.4. The molecule has 0 spiro atoms. The fourth-order valence-electron chi connectivity index (χ4n) is 2.65. The van der Waals surface area contributed by atoms with Gasteiger partial charge in [0.05, 0.1) is 17.4 Å². The molecule has 0 saturated carbocycles. The van der Waals surface area contributed by atoms with Gasteiger partial charge in [0.15, 0.2) is 11.8 Å². The van der Waals surface area contributed by atoms with E-state index >= 15 is 0 Å². The minimum atomic E-state index is -4.98. The lowest BCUT2D eigenvalue weighted by Gasteiger charge is -2.20. The lowest BCUT2D eigenvalue weighted by molar-refractivity contribution is -0.191. The normalized spacial score (nSPS) is 13.5. The SMILES string of the molecule is CC(Oc1ccc(-c2nc(-c3cnc4nc[nH]c4c3)no2)cc1C(F)(F)F)C(F)(F)F. The molecule has 31 heavy (non-hydrogen) atoms. The summed E-state index contributed by atoms with van der Waals surface area (Å²) in [6.45, 7) is 0.614. The van der Waals surface area contributed by atoms with Gasteiger partial charge in [-0.05, 0) is 31.2 Å². The minimum Gasteiger partial charge on any atom is -0.481 e. The number of benzene rings is 1. The summed E-state index contributed by atoms with van der Waals surface area (Å²) in [6, 6.07) is 4.09. The van der Waals surface area contributed by atoms with Gasteiger partial charge in [0.25, 0.3) is 5.89 Å². The molecule has 0 aliphatic carbocycles. The molecule has 0 radical (unpaired) electrons. The van der Waals surface area contributed by atoms with Crippen molar-refractivity contribution in [1.29, 1.82) is 0 Å². The van der Waals surface area contributed by atoms with Crippen molar-refractivity contribution in [2.24, 2.45) is 0 Å². The van der Waals surface area contributed by atoms with Crippen molar-refractivity contribution in [3.05, 3.63) is 42.4 Å². The molecule has 0 aliphatic heterocycles. The molecule has 13 heteroatoms. The zero-order chi connectivity index (χ0) is 22.4. The van der Waals surface area contributed by atoms with E-state index in [1.165, 1.54) is 12.5 Å². The van der Waals surface area contributed by atoms with Crippen molar-refractivity contribution < 1.29 is 35.6 Å². The van der Waals surface area contributed by atoms with Crippen molar-refractivity contribution in [3.8, 4) is 28.6 Å². The lowest BCUT2D eigenvalue weighted by Crippen LogP contribution is -2.31. The Labute approximate surface area is 169 Å². The number of halogens is 6. The second-order valence-corrected chi connectivity index (χ2v) is 6.43. The largest absolute Gasteiger partial charge is 0.481 e. The highest BCUT2D eigenvalue weighted by Gasteiger charge is 2.41. The number of imidazole rings is 1. The molecule has 4 aromatic rings. The Bertz CT molecular complexity index is 1230. The van der Waals surface area contributed by atoms with Crippen LogP contribution in [-0.4, -0.2) is 37.4 Å². The van der Waals surface area contributed by atoms with Gasteiger partial charge in [-0.3, -0.25) is 0 Å². The summed E-state index contributed by atoms with van der Waals surface area (Å²) in [5.74, 6) is -1.17. The number of hydrogen-bond donors (Lipinski definition) is 1. The van der Waals surface area contributed by atoms with Gasteiger partial charge in [-0.25, -0.2) is 9.97 Å². The van der Waals surface area contributed by atoms with E-state index in [4.69, 9.17) is 4.52 Å². The first kappa shape index (κ1) is 20.6. The first-order valence-electron chi connectivity index (χ1n) is 8.60. The van der Waals surface area contributed by atoms with Crippen LogP contribution in [-0.2, 0) is 6.18 Å². The predicted molar refractivity (Wildman–Crippen MR) is 93.8 cm³/mol. The summed E-state index contributed by atoms with van der Waals surface area (Å²) in [4.78, 5) is 14.9. The van der Waals surface area contributed by atoms with E-state index in [9.17, 15) is 26.3 Å². The van der Waals surface area contributed by atoms with Crippen LogP contribution in [0.2, 0.25) is 0 Å². The van der Waals surface area contributed by atoms with Crippen LogP contribution in [0.25, 0.3) is 34.0 Å². The molecule has 1 atom stereocenters. The Morgan fingerprint density at radius 2 is 1.81 bits per heavy atom. The van der Waals surface area contributed by atoms with Gasteiger partial charge in [-0.15, -0.1) is 0 Å². The van der Waals surface area contributed by atoms with Gasteiger partial charge < -0.3 is 14.2 Å². The molecule has 1 unspecified atom stereocenters. The number of ether oxygens (including phenoxy) is 1. The van der Waals surface area contributed by atoms with Crippen LogP contribution < -0.4 is 4.74 Å². The maximum Gasteiger partial charge on any atom is 0.425 e. The molecule has 0 amide bonds. The van der Waals surface area contributed by atoms with E-state index in [2.05, 4.69) is 29.8 Å². The van der Waals surface area contributed by atoms with E-state index in [0.717, 1.165) is 12.1 Å².